The van der Waals surface area contributed by atoms with Gasteiger partial charge in [0.25, 0.3) is 0 Å². The third-order valence-corrected chi connectivity index (χ3v) is 0. The molecule has 0 saturated carbocycles. The molecule has 0 unspecified atom stereocenters. The van der Waals surface area contributed by atoms with Gasteiger partial charge >= 0.3 is 52.0 Å². The number of hydrogen-bond donors (Lipinski definition) is 0. The van der Waals surface area contributed by atoms with Crippen LogP contribution in [-0.4, -0.2) is 2.25 Å². The molecule has 17 heavy (non-hydrogen) atoms. The monoisotopic (exact) mass is 406 g/mol. The first kappa shape index (κ1) is 60.9. The van der Waals surface area contributed by atoms with Crippen molar-refractivity contribution < 1.29 is 31.4 Å². The van der Waals surface area contributed by atoms with Crippen molar-refractivity contribution in [2.75, 3.05) is 0 Å². The second-order valence-corrected chi connectivity index (χ2v) is 3.00. The minimum atomic E-state index is 0. The van der Waals surface area contributed by atoms with Crippen LogP contribution in [0.1, 0.15) is 72.3 Å². The first-order valence-electron chi connectivity index (χ1n) is 3.26. The van der Waals surface area contributed by atoms with Gasteiger partial charge in [0, 0.05) is 0 Å². The van der Waals surface area contributed by atoms with Gasteiger partial charge in [0.1, 0.15) is 0 Å². The van der Waals surface area contributed by atoms with Crippen LogP contribution in [0.5, 0.6) is 0 Å². The van der Waals surface area contributed by atoms with E-state index in [1.54, 1.807) is 0 Å². The van der Waals surface area contributed by atoms with Crippen LogP contribution in [0.25, 0.3) is 0 Å². The molecule has 0 atom stereocenters. The van der Waals surface area contributed by atoms with Crippen molar-refractivity contribution in [3.05, 3.63) is 0 Å². The predicted molar refractivity (Wildman–Crippen MR) is 101 cm³/mol. The van der Waals surface area contributed by atoms with Crippen molar-refractivity contribution in [2.45, 2.75) is 72.3 Å². The predicted octanol–water partition coefficient (Wildman–Crippen LogP) is 7.39. The van der Waals surface area contributed by atoms with E-state index >= 15 is 0 Å². The molecule has 0 heterocycles. The Hall–Kier alpha value is 2.31. The Bertz CT molecular complexity index is 61.1. The van der Waals surface area contributed by atoms with Gasteiger partial charge in [-0.25, -0.2) is 0 Å². The number of rotatable bonds is 0. The maximum absolute atomic E-state index is 5.44. The Labute approximate surface area is 157 Å². The molecule has 0 N–H and O–H groups in total. The van der Waals surface area contributed by atoms with E-state index in [0.717, 1.165) is 0 Å². The molecule has 118 valence electrons. The maximum atomic E-state index is 5.44. The fourth-order valence-corrected chi connectivity index (χ4v) is 0. The van der Waals surface area contributed by atoms with Crippen LogP contribution in [0.2, 0.25) is 0 Å². The van der Waals surface area contributed by atoms with Gasteiger partial charge in [0.15, 0.2) is 0 Å². The fourth-order valence-electron chi connectivity index (χ4n) is 0. The van der Waals surface area contributed by atoms with Gasteiger partial charge in [-0.05, 0) is 5.41 Å². The fraction of sp³-hybridized carbons (Fsp3) is 1.00. The molecule has 0 aromatic heterocycles. The summed E-state index contributed by atoms with van der Waals surface area (Å²) in [6.45, 7) is 8.75. The second kappa shape index (κ2) is 79.5. The first-order valence-corrected chi connectivity index (χ1v) is 6.52. The Kier molecular flexibility index (Phi) is 285. The quantitative estimate of drug-likeness (QED) is 0.411. The molecule has 0 rings (SSSR count). The molecule has 0 spiro atoms. The van der Waals surface area contributed by atoms with E-state index in [1.165, 1.54) is 0 Å². The zero-order valence-corrected chi connectivity index (χ0v) is 13.3. The van der Waals surface area contributed by atoms with Gasteiger partial charge < -0.3 is 0 Å². The molecule has 0 aliphatic carbocycles. The Morgan fingerprint density at radius 2 is 0.647 bits per heavy atom. The normalized spacial score (nSPS) is 4.71. The number of hydrogen-bond acceptors (Lipinski definition) is 2. The summed E-state index contributed by atoms with van der Waals surface area (Å²) in [7, 11) is 8.04. The molecule has 0 bridgehead atoms. The van der Waals surface area contributed by atoms with E-state index < -0.39 is 0 Å². The molecule has 0 amide bonds. The topological polar surface area (TPSA) is 0 Å². The summed E-state index contributed by atoms with van der Waals surface area (Å²) in [5.41, 5.74) is 0.500. The van der Waals surface area contributed by atoms with Gasteiger partial charge in [0.05, 0.1) is 2.25 Å². The molecule has 0 fully saturated rings. The Morgan fingerprint density at radius 1 is 0.647 bits per heavy atom. The van der Waals surface area contributed by atoms with E-state index in [2.05, 4.69) is 75.1 Å². The summed E-state index contributed by atoms with van der Waals surface area (Å²) in [4.78, 5) is 0. The van der Waals surface area contributed by atoms with Crippen molar-refractivity contribution in [1.29, 1.82) is 2.25 Å². The standard InChI is InChI=1S/C5H12.6CH4.2H2S.2S.2V/c1-5(2,3)4;;;;;;;;;;;;/h1-4H3;6*1H4;2*1H2;;;;/i/hT2. The van der Waals surface area contributed by atoms with Gasteiger partial charge in [0.2, 0.25) is 0 Å². The van der Waals surface area contributed by atoms with Crippen molar-refractivity contribution in [1.82, 2.24) is 0 Å². The van der Waals surface area contributed by atoms with Crippen LogP contribution in [0.15, 0.2) is 0 Å². The third-order valence-electron chi connectivity index (χ3n) is 0. The van der Waals surface area contributed by atoms with Crippen molar-refractivity contribution >= 4 is 47.4 Å². The van der Waals surface area contributed by atoms with Gasteiger partial charge in [-0.15, -0.1) is 0 Å². The SMILES string of the molecule is C.C.C.C.C.C.CC(C)(C)C.[3H]S.[3H]S.[S]=[V].[S]=[V]. The van der Waals surface area contributed by atoms with Crippen LogP contribution < -0.4 is 0 Å². The summed E-state index contributed by atoms with van der Waals surface area (Å²) in [5, 5.41) is 0. The zero-order chi connectivity index (χ0) is 12.5. The van der Waals surface area contributed by atoms with Crippen molar-refractivity contribution in [2.24, 2.45) is 5.41 Å². The van der Waals surface area contributed by atoms with Gasteiger partial charge in [-0.1, -0.05) is 72.3 Å². The van der Waals surface area contributed by atoms with Crippen LogP contribution in [0.4, 0.5) is 0 Å². The van der Waals surface area contributed by atoms with E-state index in [0.29, 0.717) is 5.41 Å². The van der Waals surface area contributed by atoms with Crippen LogP contribution in [-0.2, 0) is 31.4 Å². The molecule has 6 heteroatoms. The first-order chi connectivity index (χ1) is 6.00. The van der Waals surface area contributed by atoms with E-state index in [4.69, 9.17) is 2.25 Å². The van der Waals surface area contributed by atoms with Crippen LogP contribution in [0, 0.1) is 5.41 Å². The van der Waals surface area contributed by atoms with Crippen molar-refractivity contribution in [3.63, 3.8) is 0 Å². The summed E-state index contributed by atoms with van der Waals surface area (Å²) in [6, 6.07) is 0. The molecular formula is C11H40S4V2. The zero-order valence-electron chi connectivity index (χ0n) is 9.11. The summed E-state index contributed by atoms with van der Waals surface area (Å²) in [6.07, 6.45) is 0. The summed E-state index contributed by atoms with van der Waals surface area (Å²) < 4.78 is 10.9. The summed E-state index contributed by atoms with van der Waals surface area (Å²) in [5.74, 6) is 0. The van der Waals surface area contributed by atoms with Crippen molar-refractivity contribution in [3.8, 4) is 0 Å². The Balaban J connectivity index is -0.00000000463. The molecular weight excluding hydrogens is 362 g/mol. The van der Waals surface area contributed by atoms with Crippen LogP contribution >= 0.6 is 47.4 Å². The van der Waals surface area contributed by atoms with Gasteiger partial charge in [-0.2, -0.15) is 26.8 Å². The average Bonchev–Trinajstić information content (AvgIpc) is 2.14. The van der Waals surface area contributed by atoms with Gasteiger partial charge in [-0.3, -0.25) is 0 Å². The minimum absolute atomic E-state index is 0. The Morgan fingerprint density at radius 3 is 0.647 bits per heavy atom. The molecule has 0 aliphatic heterocycles. The molecule has 0 nitrogen and oxygen atoms in total. The molecule has 0 aromatic rings. The van der Waals surface area contributed by atoms with E-state index in [1.807, 2.05) is 31.4 Å². The third kappa shape index (κ3) is 914. The molecule has 0 radical (unpaired) electrons. The molecule has 0 aromatic carbocycles. The second-order valence-electron chi connectivity index (χ2n) is 3.00. The average molecular weight is 407 g/mol. The van der Waals surface area contributed by atoms with E-state index in [-0.39, 0.29) is 44.6 Å². The van der Waals surface area contributed by atoms with Crippen LogP contribution in [0.3, 0.4) is 0 Å². The molecule has 0 saturated heterocycles. The molecule has 0 aliphatic rings. The summed E-state index contributed by atoms with van der Waals surface area (Å²) >= 11 is 9.35. The van der Waals surface area contributed by atoms with E-state index in [9.17, 15) is 0 Å².